The van der Waals surface area contributed by atoms with Crippen LogP contribution in [0.3, 0.4) is 0 Å². The first-order valence-electron chi connectivity index (χ1n) is 32.1. The van der Waals surface area contributed by atoms with Gasteiger partial charge in [0.2, 0.25) is 0 Å². The molecule has 0 aliphatic rings. The van der Waals surface area contributed by atoms with Crippen molar-refractivity contribution in [2.45, 2.75) is 348 Å². The van der Waals surface area contributed by atoms with Gasteiger partial charge < -0.3 is 14.2 Å². The Morgan fingerprint density at radius 3 is 0.849 bits per heavy atom. The molecular weight excluding hydrogens is 901 g/mol. The van der Waals surface area contributed by atoms with E-state index in [-0.39, 0.29) is 31.1 Å². The fourth-order valence-corrected chi connectivity index (χ4v) is 9.51. The summed E-state index contributed by atoms with van der Waals surface area (Å²) in [5.41, 5.74) is 0. The van der Waals surface area contributed by atoms with Crippen molar-refractivity contribution in [1.82, 2.24) is 0 Å². The molecule has 0 N–H and O–H groups in total. The zero-order valence-corrected chi connectivity index (χ0v) is 48.9. The van der Waals surface area contributed by atoms with Crippen LogP contribution in [0.2, 0.25) is 0 Å². The molecular formula is C67H122O6. The minimum atomic E-state index is -0.777. The summed E-state index contributed by atoms with van der Waals surface area (Å²) >= 11 is 0. The van der Waals surface area contributed by atoms with E-state index < -0.39 is 6.10 Å². The predicted molar refractivity (Wildman–Crippen MR) is 316 cm³/mol. The Kier molecular flexibility index (Phi) is 59.7. The Morgan fingerprint density at radius 2 is 0.534 bits per heavy atom. The van der Waals surface area contributed by atoms with Crippen LogP contribution in [0.5, 0.6) is 0 Å². The minimum Gasteiger partial charge on any atom is -0.462 e. The highest BCUT2D eigenvalue weighted by Gasteiger charge is 2.19. The van der Waals surface area contributed by atoms with Gasteiger partial charge in [0.15, 0.2) is 6.10 Å². The van der Waals surface area contributed by atoms with Crippen LogP contribution < -0.4 is 0 Å². The molecule has 1 unspecified atom stereocenters. The molecule has 0 aromatic carbocycles. The average molecular weight is 1020 g/mol. The zero-order valence-electron chi connectivity index (χ0n) is 48.9. The monoisotopic (exact) mass is 1020 g/mol. The Bertz CT molecular complexity index is 1270. The van der Waals surface area contributed by atoms with E-state index >= 15 is 0 Å². The number of unbranched alkanes of at least 4 members (excludes halogenated alkanes) is 40. The summed E-state index contributed by atoms with van der Waals surface area (Å²) < 4.78 is 17.0. The molecule has 0 aliphatic heterocycles. The van der Waals surface area contributed by atoms with Crippen LogP contribution in [-0.2, 0) is 28.6 Å². The van der Waals surface area contributed by atoms with Gasteiger partial charge in [0.05, 0.1) is 0 Å². The van der Waals surface area contributed by atoms with Gasteiger partial charge in [-0.05, 0) is 77.0 Å². The van der Waals surface area contributed by atoms with Crippen LogP contribution in [0.25, 0.3) is 0 Å². The number of allylic oxidation sites excluding steroid dienone is 8. The fourth-order valence-electron chi connectivity index (χ4n) is 9.51. The molecule has 0 fully saturated rings. The van der Waals surface area contributed by atoms with E-state index in [0.717, 1.165) is 83.5 Å². The van der Waals surface area contributed by atoms with Crippen molar-refractivity contribution < 1.29 is 28.6 Å². The van der Waals surface area contributed by atoms with Gasteiger partial charge >= 0.3 is 17.9 Å². The molecule has 0 saturated heterocycles. The van der Waals surface area contributed by atoms with Gasteiger partial charge in [-0.2, -0.15) is 0 Å². The quantitative estimate of drug-likeness (QED) is 0.0261. The van der Waals surface area contributed by atoms with Crippen molar-refractivity contribution in [3.8, 4) is 0 Å². The van der Waals surface area contributed by atoms with Crippen LogP contribution in [0.15, 0.2) is 48.6 Å². The Labute approximate surface area is 454 Å². The third-order valence-electron chi connectivity index (χ3n) is 14.3. The van der Waals surface area contributed by atoms with Crippen LogP contribution in [0.1, 0.15) is 342 Å². The van der Waals surface area contributed by atoms with Gasteiger partial charge in [0.1, 0.15) is 13.2 Å². The maximum Gasteiger partial charge on any atom is 0.306 e. The average Bonchev–Trinajstić information content (AvgIpc) is 3.39. The third kappa shape index (κ3) is 60.1. The highest BCUT2D eigenvalue weighted by atomic mass is 16.6. The van der Waals surface area contributed by atoms with Gasteiger partial charge in [-0.25, -0.2) is 0 Å². The zero-order chi connectivity index (χ0) is 52.9. The second-order valence-corrected chi connectivity index (χ2v) is 21.6. The first kappa shape index (κ1) is 70.4. The van der Waals surface area contributed by atoms with Crippen molar-refractivity contribution in [3.05, 3.63) is 48.6 Å². The van der Waals surface area contributed by atoms with Gasteiger partial charge in [-0.1, -0.05) is 294 Å². The molecule has 0 rings (SSSR count). The SMILES string of the molecule is CC/C=C\C/C=C\C/C=C\CCCCCCCCCC(=O)OCC(COC(=O)CCCCCCCCCCC/C=C\CCCCCCCC)OC(=O)CCCCCCCCCCCCCCCCCCCCC. The summed E-state index contributed by atoms with van der Waals surface area (Å²) in [7, 11) is 0. The summed E-state index contributed by atoms with van der Waals surface area (Å²) in [6.45, 7) is 6.58. The summed E-state index contributed by atoms with van der Waals surface area (Å²) in [5, 5.41) is 0. The summed E-state index contributed by atoms with van der Waals surface area (Å²) in [6, 6.07) is 0. The summed E-state index contributed by atoms with van der Waals surface area (Å²) in [5.74, 6) is -0.863. The largest absolute Gasteiger partial charge is 0.462 e. The highest BCUT2D eigenvalue weighted by Crippen LogP contribution is 2.17. The van der Waals surface area contributed by atoms with Crippen molar-refractivity contribution in [2.24, 2.45) is 0 Å². The molecule has 1 atom stereocenters. The normalized spacial score (nSPS) is 12.3. The van der Waals surface area contributed by atoms with Gasteiger partial charge in [0, 0.05) is 19.3 Å². The predicted octanol–water partition coefficient (Wildman–Crippen LogP) is 21.8. The smallest absolute Gasteiger partial charge is 0.306 e. The summed E-state index contributed by atoms with van der Waals surface area (Å²) in [6.07, 6.45) is 76.8. The van der Waals surface area contributed by atoms with Crippen LogP contribution in [0.4, 0.5) is 0 Å². The lowest BCUT2D eigenvalue weighted by molar-refractivity contribution is -0.167. The third-order valence-corrected chi connectivity index (χ3v) is 14.3. The second kappa shape index (κ2) is 61.9. The second-order valence-electron chi connectivity index (χ2n) is 21.6. The van der Waals surface area contributed by atoms with E-state index in [9.17, 15) is 14.4 Å². The molecule has 0 heterocycles. The number of carbonyl (C=O) groups excluding carboxylic acids is 3. The maximum absolute atomic E-state index is 12.9. The number of hydrogen-bond acceptors (Lipinski definition) is 6. The number of ether oxygens (including phenoxy) is 3. The Hall–Kier alpha value is -2.63. The number of rotatable bonds is 59. The molecule has 0 saturated carbocycles. The number of esters is 3. The molecule has 6 heteroatoms. The topological polar surface area (TPSA) is 78.9 Å². The van der Waals surface area contributed by atoms with E-state index in [1.54, 1.807) is 0 Å². The van der Waals surface area contributed by atoms with E-state index in [4.69, 9.17) is 14.2 Å². The lowest BCUT2D eigenvalue weighted by Gasteiger charge is -2.18. The Morgan fingerprint density at radius 1 is 0.288 bits per heavy atom. The van der Waals surface area contributed by atoms with E-state index in [1.807, 2.05) is 0 Å². The minimum absolute atomic E-state index is 0.0737. The Balaban J connectivity index is 4.34. The lowest BCUT2D eigenvalue weighted by atomic mass is 10.0. The molecule has 0 radical (unpaired) electrons. The van der Waals surface area contributed by atoms with Crippen molar-refractivity contribution >= 4 is 17.9 Å². The lowest BCUT2D eigenvalue weighted by Crippen LogP contribution is -2.30. The fraction of sp³-hybridized carbons (Fsp3) is 0.836. The molecule has 0 aromatic rings. The van der Waals surface area contributed by atoms with Crippen LogP contribution in [-0.4, -0.2) is 37.2 Å². The van der Waals surface area contributed by atoms with Crippen molar-refractivity contribution in [1.29, 1.82) is 0 Å². The van der Waals surface area contributed by atoms with Crippen LogP contribution in [0, 0.1) is 0 Å². The molecule has 73 heavy (non-hydrogen) atoms. The van der Waals surface area contributed by atoms with Crippen molar-refractivity contribution in [2.75, 3.05) is 13.2 Å². The van der Waals surface area contributed by atoms with E-state index in [1.165, 1.54) is 218 Å². The number of hydrogen-bond donors (Lipinski definition) is 0. The van der Waals surface area contributed by atoms with Gasteiger partial charge in [-0.15, -0.1) is 0 Å². The van der Waals surface area contributed by atoms with E-state index in [2.05, 4.69) is 69.4 Å². The molecule has 0 aromatic heterocycles. The van der Waals surface area contributed by atoms with Crippen molar-refractivity contribution in [3.63, 3.8) is 0 Å². The highest BCUT2D eigenvalue weighted by molar-refractivity contribution is 5.71. The van der Waals surface area contributed by atoms with Gasteiger partial charge in [-0.3, -0.25) is 14.4 Å². The standard InChI is InChI=1S/C67H122O6/c1-4-7-10-13-16-19-22-25-28-31-33-36-39-42-45-48-51-54-57-60-66(69)72-63-64(62-71-65(68)59-56-53-50-47-44-41-38-35-30-27-24-21-18-15-12-9-6-3)73-67(70)61-58-55-52-49-46-43-40-37-34-32-29-26-23-20-17-14-11-8-5-2/h9,12,18,21,25,27-28,30,64H,4-8,10-11,13-17,19-20,22-24,26,29,31-63H2,1-3H3/b12-9-,21-18-,28-25-,30-27-. The molecule has 0 aliphatic carbocycles. The molecule has 0 bridgehead atoms. The molecule has 0 amide bonds. The first-order valence-corrected chi connectivity index (χ1v) is 32.1. The van der Waals surface area contributed by atoms with Crippen LogP contribution >= 0.6 is 0 Å². The van der Waals surface area contributed by atoms with Gasteiger partial charge in [0.25, 0.3) is 0 Å². The molecule has 6 nitrogen and oxygen atoms in total. The maximum atomic E-state index is 12.9. The molecule has 426 valence electrons. The number of carbonyl (C=O) groups is 3. The van der Waals surface area contributed by atoms with E-state index in [0.29, 0.717) is 19.3 Å². The summed E-state index contributed by atoms with van der Waals surface area (Å²) in [4.78, 5) is 38.3. The first-order chi connectivity index (χ1) is 36.0. The molecule has 0 spiro atoms.